The number of carbonyl (C=O) groups is 1. The molecule has 0 spiro atoms. The third kappa shape index (κ3) is 3.87. The standard InChI is InChI=1S/C15H21ClN2O/c16-14-12(8-3-9-13(14)17)15(19)18-10-4-7-11-5-1-2-6-11/h3,8-9,11H,1-2,4-7,10,17H2,(H,18,19). The normalized spacial score (nSPS) is 15.6. The van der Waals surface area contributed by atoms with E-state index in [0.717, 1.165) is 12.3 Å². The van der Waals surface area contributed by atoms with E-state index in [1.165, 1.54) is 32.1 Å². The Morgan fingerprint density at radius 2 is 2.11 bits per heavy atom. The van der Waals surface area contributed by atoms with E-state index in [1.54, 1.807) is 18.2 Å². The zero-order valence-electron chi connectivity index (χ0n) is 11.1. The Morgan fingerprint density at radius 1 is 1.37 bits per heavy atom. The van der Waals surface area contributed by atoms with E-state index in [9.17, 15) is 4.79 Å². The van der Waals surface area contributed by atoms with Gasteiger partial charge < -0.3 is 11.1 Å². The number of nitrogen functional groups attached to an aromatic ring is 1. The minimum absolute atomic E-state index is 0.135. The van der Waals surface area contributed by atoms with Gasteiger partial charge in [0.15, 0.2) is 0 Å². The van der Waals surface area contributed by atoms with Crippen LogP contribution in [0.3, 0.4) is 0 Å². The Balaban J connectivity index is 1.76. The van der Waals surface area contributed by atoms with E-state index in [4.69, 9.17) is 17.3 Å². The first-order valence-corrected chi connectivity index (χ1v) is 7.38. The van der Waals surface area contributed by atoms with Crippen LogP contribution in [0.15, 0.2) is 18.2 Å². The molecule has 0 unspecified atom stereocenters. The van der Waals surface area contributed by atoms with Crippen molar-refractivity contribution in [2.24, 2.45) is 5.92 Å². The smallest absolute Gasteiger partial charge is 0.252 e. The molecule has 1 saturated carbocycles. The Hall–Kier alpha value is -1.22. The van der Waals surface area contributed by atoms with Gasteiger partial charge in [-0.2, -0.15) is 0 Å². The van der Waals surface area contributed by atoms with Crippen LogP contribution < -0.4 is 11.1 Å². The van der Waals surface area contributed by atoms with Crippen LogP contribution in [0.1, 0.15) is 48.9 Å². The number of amides is 1. The average Bonchev–Trinajstić information content (AvgIpc) is 2.91. The van der Waals surface area contributed by atoms with Crippen molar-refractivity contribution in [3.63, 3.8) is 0 Å². The molecule has 0 heterocycles. The third-order valence-corrected chi connectivity index (χ3v) is 4.24. The SMILES string of the molecule is Nc1cccc(C(=O)NCCCC2CCCC2)c1Cl. The largest absolute Gasteiger partial charge is 0.398 e. The van der Waals surface area contributed by atoms with Gasteiger partial charge in [0.25, 0.3) is 5.91 Å². The quantitative estimate of drug-likeness (QED) is 0.639. The molecule has 1 aliphatic carbocycles. The van der Waals surface area contributed by atoms with E-state index in [0.29, 0.717) is 22.8 Å². The van der Waals surface area contributed by atoms with Crippen LogP contribution in [0.5, 0.6) is 0 Å². The Kier molecular flexibility index (Phi) is 5.08. The summed E-state index contributed by atoms with van der Waals surface area (Å²) < 4.78 is 0. The van der Waals surface area contributed by atoms with Crippen molar-refractivity contribution < 1.29 is 4.79 Å². The van der Waals surface area contributed by atoms with Gasteiger partial charge in [-0.25, -0.2) is 0 Å². The molecule has 0 aliphatic heterocycles. The molecule has 2 rings (SSSR count). The lowest BCUT2D eigenvalue weighted by molar-refractivity contribution is 0.0952. The summed E-state index contributed by atoms with van der Waals surface area (Å²) in [4.78, 5) is 12.0. The Bertz CT molecular complexity index is 442. The Morgan fingerprint density at radius 3 is 2.84 bits per heavy atom. The molecule has 0 radical (unpaired) electrons. The molecule has 1 aromatic carbocycles. The van der Waals surface area contributed by atoms with Crippen molar-refractivity contribution in [2.75, 3.05) is 12.3 Å². The molecule has 1 fully saturated rings. The molecule has 1 amide bonds. The van der Waals surface area contributed by atoms with Crippen LogP contribution in [0, 0.1) is 5.92 Å². The molecular formula is C15H21ClN2O. The van der Waals surface area contributed by atoms with Gasteiger partial charge in [-0.15, -0.1) is 0 Å². The third-order valence-electron chi connectivity index (χ3n) is 3.82. The molecule has 1 aliphatic rings. The van der Waals surface area contributed by atoms with Gasteiger partial charge in [0.2, 0.25) is 0 Å². The second kappa shape index (κ2) is 6.80. The van der Waals surface area contributed by atoms with Crippen LogP contribution >= 0.6 is 11.6 Å². The fourth-order valence-electron chi connectivity index (χ4n) is 2.71. The van der Waals surface area contributed by atoms with Crippen LogP contribution in [-0.2, 0) is 0 Å². The molecule has 1 aromatic rings. The molecule has 19 heavy (non-hydrogen) atoms. The van der Waals surface area contributed by atoms with Gasteiger partial charge in [-0.05, 0) is 30.9 Å². The number of benzene rings is 1. The van der Waals surface area contributed by atoms with Gasteiger partial charge in [-0.3, -0.25) is 4.79 Å². The van der Waals surface area contributed by atoms with Crippen molar-refractivity contribution in [1.29, 1.82) is 0 Å². The second-order valence-electron chi connectivity index (χ2n) is 5.26. The monoisotopic (exact) mass is 280 g/mol. The predicted molar refractivity (Wildman–Crippen MR) is 79.4 cm³/mol. The molecule has 0 aromatic heterocycles. The fraction of sp³-hybridized carbons (Fsp3) is 0.533. The highest BCUT2D eigenvalue weighted by atomic mass is 35.5. The van der Waals surface area contributed by atoms with Gasteiger partial charge in [-0.1, -0.05) is 43.4 Å². The average molecular weight is 281 g/mol. The van der Waals surface area contributed by atoms with Crippen molar-refractivity contribution in [3.8, 4) is 0 Å². The lowest BCUT2D eigenvalue weighted by Crippen LogP contribution is -2.25. The highest BCUT2D eigenvalue weighted by Crippen LogP contribution is 2.28. The lowest BCUT2D eigenvalue weighted by Gasteiger charge is -2.10. The molecule has 3 N–H and O–H groups in total. The summed E-state index contributed by atoms with van der Waals surface area (Å²) in [7, 11) is 0. The van der Waals surface area contributed by atoms with Crippen LogP contribution in [-0.4, -0.2) is 12.5 Å². The number of rotatable bonds is 5. The fourth-order valence-corrected chi connectivity index (χ4v) is 2.92. The number of halogens is 1. The second-order valence-corrected chi connectivity index (χ2v) is 5.64. The molecule has 3 nitrogen and oxygen atoms in total. The molecule has 0 atom stereocenters. The zero-order valence-corrected chi connectivity index (χ0v) is 11.9. The van der Waals surface area contributed by atoms with Crippen LogP contribution in [0.25, 0.3) is 0 Å². The number of hydrogen-bond acceptors (Lipinski definition) is 2. The van der Waals surface area contributed by atoms with Gasteiger partial charge in [0, 0.05) is 6.54 Å². The lowest BCUT2D eigenvalue weighted by atomic mass is 10.0. The number of nitrogens with one attached hydrogen (secondary N) is 1. The van der Waals surface area contributed by atoms with E-state index in [1.807, 2.05) is 0 Å². The summed E-state index contributed by atoms with van der Waals surface area (Å²) in [6, 6.07) is 5.14. The number of carbonyl (C=O) groups excluding carboxylic acids is 1. The first-order chi connectivity index (χ1) is 9.18. The van der Waals surface area contributed by atoms with Crippen molar-refractivity contribution in [3.05, 3.63) is 28.8 Å². The van der Waals surface area contributed by atoms with E-state index >= 15 is 0 Å². The summed E-state index contributed by atoms with van der Waals surface area (Å²) >= 11 is 6.02. The molecule has 104 valence electrons. The maximum absolute atomic E-state index is 12.0. The topological polar surface area (TPSA) is 55.1 Å². The van der Waals surface area contributed by atoms with Crippen LogP contribution in [0.4, 0.5) is 5.69 Å². The van der Waals surface area contributed by atoms with Gasteiger partial charge in [0.05, 0.1) is 16.3 Å². The summed E-state index contributed by atoms with van der Waals surface area (Å²) in [5, 5.41) is 3.26. The van der Waals surface area contributed by atoms with Gasteiger partial charge >= 0.3 is 0 Å². The highest BCUT2D eigenvalue weighted by molar-refractivity contribution is 6.36. The number of anilines is 1. The summed E-state index contributed by atoms with van der Waals surface area (Å²) in [5.41, 5.74) is 6.59. The first-order valence-electron chi connectivity index (χ1n) is 7.00. The maximum Gasteiger partial charge on any atom is 0.252 e. The van der Waals surface area contributed by atoms with Crippen LogP contribution in [0.2, 0.25) is 5.02 Å². The minimum Gasteiger partial charge on any atom is -0.398 e. The van der Waals surface area contributed by atoms with E-state index in [-0.39, 0.29) is 5.91 Å². The first kappa shape index (κ1) is 14.2. The maximum atomic E-state index is 12.0. The highest BCUT2D eigenvalue weighted by Gasteiger charge is 2.15. The summed E-state index contributed by atoms with van der Waals surface area (Å²) in [5.74, 6) is 0.733. The molecule has 4 heteroatoms. The summed E-state index contributed by atoms with van der Waals surface area (Å²) in [6.45, 7) is 0.709. The van der Waals surface area contributed by atoms with E-state index in [2.05, 4.69) is 5.32 Å². The molecule has 0 saturated heterocycles. The van der Waals surface area contributed by atoms with Gasteiger partial charge in [0.1, 0.15) is 0 Å². The number of nitrogens with two attached hydrogens (primary N) is 1. The van der Waals surface area contributed by atoms with E-state index < -0.39 is 0 Å². The predicted octanol–water partition coefficient (Wildman–Crippen LogP) is 3.62. The van der Waals surface area contributed by atoms with Crippen molar-refractivity contribution in [2.45, 2.75) is 38.5 Å². The molecular weight excluding hydrogens is 260 g/mol. The zero-order chi connectivity index (χ0) is 13.7. The van der Waals surface area contributed by atoms with Crippen molar-refractivity contribution >= 4 is 23.2 Å². The molecule has 0 bridgehead atoms. The Labute approximate surface area is 119 Å². The number of hydrogen-bond donors (Lipinski definition) is 2. The minimum atomic E-state index is -0.135. The summed E-state index contributed by atoms with van der Waals surface area (Å²) in [6.07, 6.45) is 7.71. The van der Waals surface area contributed by atoms with Crippen molar-refractivity contribution in [1.82, 2.24) is 5.32 Å².